The predicted octanol–water partition coefficient (Wildman–Crippen LogP) is 3.58. The van der Waals surface area contributed by atoms with Crippen molar-refractivity contribution in [2.75, 3.05) is 0 Å². The Labute approximate surface area is 117 Å². The van der Waals surface area contributed by atoms with Crippen molar-refractivity contribution in [2.24, 2.45) is 5.92 Å². The zero-order chi connectivity index (χ0) is 13.8. The second kappa shape index (κ2) is 6.56. The van der Waals surface area contributed by atoms with Crippen molar-refractivity contribution in [1.82, 2.24) is 15.1 Å². The molecule has 0 aliphatic heterocycles. The Morgan fingerprint density at radius 2 is 1.89 bits per heavy atom. The summed E-state index contributed by atoms with van der Waals surface area (Å²) in [6.07, 6.45) is 7.02. The Morgan fingerprint density at radius 1 is 1.21 bits per heavy atom. The number of aromatic nitrogens is 2. The predicted molar refractivity (Wildman–Crippen MR) is 80.3 cm³/mol. The molecule has 1 aliphatic carbocycles. The molecular formula is C16H29N3. The van der Waals surface area contributed by atoms with E-state index in [1.165, 1.54) is 49.1 Å². The fourth-order valence-electron chi connectivity index (χ4n) is 3.09. The quantitative estimate of drug-likeness (QED) is 0.880. The average Bonchev–Trinajstić information content (AvgIpc) is 2.63. The van der Waals surface area contributed by atoms with E-state index in [9.17, 15) is 0 Å². The molecule has 19 heavy (non-hydrogen) atoms. The molecule has 0 spiro atoms. The van der Waals surface area contributed by atoms with Crippen molar-refractivity contribution in [1.29, 1.82) is 0 Å². The lowest BCUT2D eigenvalue weighted by molar-refractivity contribution is 0.305. The van der Waals surface area contributed by atoms with E-state index in [1.807, 2.05) is 0 Å². The molecule has 1 fully saturated rings. The van der Waals surface area contributed by atoms with Crippen LogP contribution in [-0.2, 0) is 13.1 Å². The molecule has 1 heterocycles. The molecule has 108 valence electrons. The van der Waals surface area contributed by atoms with E-state index in [-0.39, 0.29) is 0 Å². The maximum Gasteiger partial charge on any atom is 0.0641 e. The van der Waals surface area contributed by atoms with Crippen LogP contribution in [0.4, 0.5) is 0 Å². The van der Waals surface area contributed by atoms with Crippen LogP contribution in [0.2, 0.25) is 0 Å². The topological polar surface area (TPSA) is 29.9 Å². The summed E-state index contributed by atoms with van der Waals surface area (Å²) in [5.41, 5.74) is 3.95. The zero-order valence-electron chi connectivity index (χ0n) is 13.0. The van der Waals surface area contributed by atoms with E-state index in [2.05, 4.69) is 37.7 Å². The van der Waals surface area contributed by atoms with Gasteiger partial charge in [0.15, 0.2) is 0 Å². The molecule has 0 atom stereocenters. The highest BCUT2D eigenvalue weighted by molar-refractivity contribution is 5.24. The Bertz CT molecular complexity index is 400. The maximum atomic E-state index is 4.76. The molecule has 0 radical (unpaired) electrons. The molecule has 0 amide bonds. The molecule has 3 heteroatoms. The largest absolute Gasteiger partial charge is 0.310 e. The molecular weight excluding hydrogens is 234 g/mol. The van der Waals surface area contributed by atoms with Crippen molar-refractivity contribution in [3.05, 3.63) is 17.0 Å². The van der Waals surface area contributed by atoms with Crippen LogP contribution >= 0.6 is 0 Å². The first-order valence-corrected chi connectivity index (χ1v) is 7.84. The molecule has 2 rings (SSSR count). The van der Waals surface area contributed by atoms with E-state index in [0.29, 0.717) is 6.04 Å². The molecule has 1 aliphatic rings. The second-order valence-corrected chi connectivity index (χ2v) is 6.37. The van der Waals surface area contributed by atoms with Crippen LogP contribution in [0.15, 0.2) is 0 Å². The number of hydrogen-bond donors (Lipinski definition) is 1. The van der Waals surface area contributed by atoms with Gasteiger partial charge < -0.3 is 5.32 Å². The summed E-state index contributed by atoms with van der Waals surface area (Å²) in [6, 6.07) is 0.528. The lowest BCUT2D eigenvalue weighted by Crippen LogP contribution is -2.22. The molecule has 0 unspecified atom stereocenters. The third-order valence-corrected chi connectivity index (χ3v) is 4.37. The highest BCUT2D eigenvalue weighted by Crippen LogP contribution is 2.26. The van der Waals surface area contributed by atoms with Gasteiger partial charge in [0, 0.05) is 30.4 Å². The van der Waals surface area contributed by atoms with E-state index in [1.54, 1.807) is 0 Å². The van der Waals surface area contributed by atoms with Crippen molar-refractivity contribution in [3.8, 4) is 0 Å². The van der Waals surface area contributed by atoms with Gasteiger partial charge in [-0.15, -0.1) is 0 Å². The summed E-state index contributed by atoms with van der Waals surface area (Å²) < 4.78 is 2.25. The first-order chi connectivity index (χ1) is 9.08. The van der Waals surface area contributed by atoms with Gasteiger partial charge in [-0.1, -0.05) is 33.1 Å². The van der Waals surface area contributed by atoms with Gasteiger partial charge in [-0.2, -0.15) is 5.10 Å². The Hall–Kier alpha value is -0.830. The van der Waals surface area contributed by atoms with Gasteiger partial charge in [-0.05, 0) is 32.6 Å². The molecule has 1 N–H and O–H groups in total. The van der Waals surface area contributed by atoms with Crippen LogP contribution in [-0.4, -0.2) is 15.8 Å². The van der Waals surface area contributed by atoms with Crippen LogP contribution in [0.3, 0.4) is 0 Å². The second-order valence-electron chi connectivity index (χ2n) is 6.37. The lowest BCUT2D eigenvalue weighted by atomic mass is 9.89. The van der Waals surface area contributed by atoms with Crippen LogP contribution in [0.25, 0.3) is 0 Å². The summed E-state index contributed by atoms with van der Waals surface area (Å²) in [7, 11) is 0. The van der Waals surface area contributed by atoms with Crippen molar-refractivity contribution >= 4 is 0 Å². The number of rotatable bonds is 5. The van der Waals surface area contributed by atoms with Gasteiger partial charge in [0.05, 0.1) is 5.69 Å². The molecule has 0 saturated heterocycles. The third kappa shape index (κ3) is 3.82. The summed E-state index contributed by atoms with van der Waals surface area (Å²) in [4.78, 5) is 0. The third-order valence-electron chi connectivity index (χ3n) is 4.37. The zero-order valence-corrected chi connectivity index (χ0v) is 13.0. The fourth-order valence-corrected chi connectivity index (χ4v) is 3.09. The van der Waals surface area contributed by atoms with Crippen LogP contribution < -0.4 is 5.32 Å². The molecule has 3 nitrogen and oxygen atoms in total. The first-order valence-electron chi connectivity index (χ1n) is 7.84. The molecule has 1 aromatic rings. The maximum absolute atomic E-state index is 4.76. The van der Waals surface area contributed by atoms with E-state index >= 15 is 0 Å². The molecule has 0 aromatic carbocycles. The average molecular weight is 263 g/mol. The number of nitrogens with zero attached hydrogens (tertiary/aromatic N) is 2. The molecule has 1 saturated carbocycles. The standard InChI is InChI=1S/C16H29N3/c1-12(2)17-10-16-13(3)18-19(14(16)4)11-15-8-6-5-7-9-15/h12,15,17H,5-11H2,1-4H3. The van der Waals surface area contributed by atoms with Crippen molar-refractivity contribution < 1.29 is 0 Å². The van der Waals surface area contributed by atoms with Crippen LogP contribution in [0.1, 0.15) is 62.9 Å². The van der Waals surface area contributed by atoms with Crippen LogP contribution in [0.5, 0.6) is 0 Å². The first kappa shape index (κ1) is 14.6. The number of aryl methyl sites for hydroxylation is 1. The highest BCUT2D eigenvalue weighted by atomic mass is 15.3. The highest BCUT2D eigenvalue weighted by Gasteiger charge is 2.17. The minimum Gasteiger partial charge on any atom is -0.310 e. The van der Waals surface area contributed by atoms with Gasteiger partial charge in [-0.3, -0.25) is 4.68 Å². The summed E-state index contributed by atoms with van der Waals surface area (Å²) >= 11 is 0. The Morgan fingerprint density at radius 3 is 2.53 bits per heavy atom. The fraction of sp³-hybridized carbons (Fsp3) is 0.812. The smallest absolute Gasteiger partial charge is 0.0641 e. The minimum absolute atomic E-state index is 0.528. The van der Waals surface area contributed by atoms with Gasteiger partial charge in [0.25, 0.3) is 0 Å². The minimum atomic E-state index is 0.528. The summed E-state index contributed by atoms with van der Waals surface area (Å²) in [6.45, 7) is 10.8. The number of hydrogen-bond acceptors (Lipinski definition) is 2. The number of nitrogens with one attached hydrogen (secondary N) is 1. The van der Waals surface area contributed by atoms with Gasteiger partial charge in [-0.25, -0.2) is 0 Å². The van der Waals surface area contributed by atoms with Crippen LogP contribution in [0, 0.1) is 19.8 Å². The van der Waals surface area contributed by atoms with Gasteiger partial charge in [0.2, 0.25) is 0 Å². The van der Waals surface area contributed by atoms with Crippen molar-refractivity contribution in [2.45, 2.75) is 78.9 Å². The lowest BCUT2D eigenvalue weighted by Gasteiger charge is -2.22. The van der Waals surface area contributed by atoms with E-state index in [4.69, 9.17) is 5.10 Å². The summed E-state index contributed by atoms with van der Waals surface area (Å²) in [5.74, 6) is 0.845. The van der Waals surface area contributed by atoms with E-state index < -0.39 is 0 Å². The normalized spacial score (nSPS) is 17.3. The van der Waals surface area contributed by atoms with E-state index in [0.717, 1.165) is 19.0 Å². The SMILES string of the molecule is Cc1nn(CC2CCCCC2)c(C)c1CNC(C)C. The molecule has 0 bridgehead atoms. The molecule has 1 aromatic heterocycles. The Kier molecular flexibility index (Phi) is 5.03. The summed E-state index contributed by atoms with van der Waals surface area (Å²) in [5, 5.41) is 8.27. The monoisotopic (exact) mass is 263 g/mol. The van der Waals surface area contributed by atoms with Crippen molar-refractivity contribution in [3.63, 3.8) is 0 Å². The Balaban J connectivity index is 2.02. The van der Waals surface area contributed by atoms with Gasteiger partial charge in [0.1, 0.15) is 0 Å². The van der Waals surface area contributed by atoms with Gasteiger partial charge >= 0.3 is 0 Å².